The lowest BCUT2D eigenvalue weighted by Crippen LogP contribution is -2.31. The number of ether oxygens (including phenoxy) is 2. The second kappa shape index (κ2) is 10.2. The van der Waals surface area contributed by atoms with Gasteiger partial charge in [0, 0.05) is 25.8 Å². The van der Waals surface area contributed by atoms with E-state index in [0.717, 1.165) is 13.0 Å². The Kier molecular flexibility index (Phi) is 7.63. The number of amides is 1. The second-order valence-electron chi connectivity index (χ2n) is 5.63. The summed E-state index contributed by atoms with van der Waals surface area (Å²) in [6.07, 6.45) is 0.868. The molecule has 0 spiro atoms. The topological polar surface area (TPSA) is 50.8 Å². The Bertz CT molecular complexity index is 646. The smallest absolute Gasteiger partial charge is 0.257 e. The fourth-order valence-corrected chi connectivity index (χ4v) is 2.39. The van der Waals surface area contributed by atoms with E-state index < -0.39 is 0 Å². The summed E-state index contributed by atoms with van der Waals surface area (Å²) in [5.74, 6) is 1.11. The molecule has 2 aromatic rings. The van der Waals surface area contributed by atoms with Crippen LogP contribution in [0.2, 0.25) is 0 Å². The van der Waals surface area contributed by atoms with Crippen LogP contribution in [0.5, 0.6) is 11.5 Å². The van der Waals surface area contributed by atoms with E-state index in [1.165, 1.54) is 5.69 Å². The van der Waals surface area contributed by atoms with Crippen LogP contribution in [-0.4, -0.2) is 39.3 Å². The summed E-state index contributed by atoms with van der Waals surface area (Å²) in [6.45, 7) is 3.95. The number of nitrogens with zero attached hydrogens (tertiary/aromatic N) is 1. The molecule has 0 saturated heterocycles. The maximum Gasteiger partial charge on any atom is 0.257 e. The molecule has 5 nitrogen and oxygen atoms in total. The zero-order valence-corrected chi connectivity index (χ0v) is 14.9. The number of nitrogens with one attached hydrogen (secondary N) is 1. The molecule has 0 fully saturated rings. The fraction of sp³-hybridized carbons (Fsp3) is 0.350. The molecular formula is C20H26N2O3. The van der Waals surface area contributed by atoms with E-state index >= 15 is 0 Å². The first-order chi connectivity index (χ1) is 12.2. The fourth-order valence-electron chi connectivity index (χ4n) is 2.39. The van der Waals surface area contributed by atoms with Crippen LogP contribution in [0.4, 0.5) is 5.69 Å². The van der Waals surface area contributed by atoms with Crippen molar-refractivity contribution in [3.8, 4) is 11.5 Å². The number of carbonyl (C=O) groups is 1. The number of hydrogen-bond donors (Lipinski definition) is 1. The molecule has 134 valence electrons. The third-order valence-corrected chi connectivity index (χ3v) is 3.70. The van der Waals surface area contributed by atoms with Gasteiger partial charge in [0.15, 0.2) is 18.1 Å². The highest BCUT2D eigenvalue weighted by Gasteiger charge is 2.07. The summed E-state index contributed by atoms with van der Waals surface area (Å²) in [6, 6.07) is 17.5. The first kappa shape index (κ1) is 18.6. The SMILES string of the molecule is CCOc1ccccc1OCC(=O)NCCCN(C)c1ccccc1. The number of para-hydroxylation sites is 3. The molecule has 0 unspecified atom stereocenters. The van der Waals surface area contributed by atoms with Crippen LogP contribution < -0.4 is 19.7 Å². The predicted octanol–water partition coefficient (Wildman–Crippen LogP) is 3.11. The standard InChI is InChI=1S/C20H26N2O3/c1-3-24-18-12-7-8-13-19(18)25-16-20(23)21-14-9-15-22(2)17-10-5-4-6-11-17/h4-8,10-13H,3,9,14-16H2,1-2H3,(H,21,23). The lowest BCUT2D eigenvalue weighted by Gasteiger charge is -2.19. The Hall–Kier alpha value is -2.69. The summed E-state index contributed by atoms with van der Waals surface area (Å²) in [5.41, 5.74) is 1.17. The van der Waals surface area contributed by atoms with Gasteiger partial charge in [-0.3, -0.25) is 4.79 Å². The van der Waals surface area contributed by atoms with E-state index in [1.807, 2.05) is 50.4 Å². The molecule has 0 aliphatic heterocycles. The van der Waals surface area contributed by atoms with Gasteiger partial charge >= 0.3 is 0 Å². The van der Waals surface area contributed by atoms with E-state index in [-0.39, 0.29) is 12.5 Å². The minimum Gasteiger partial charge on any atom is -0.490 e. The number of carbonyl (C=O) groups excluding carboxylic acids is 1. The maximum atomic E-state index is 11.9. The lowest BCUT2D eigenvalue weighted by atomic mass is 10.3. The molecule has 1 N–H and O–H groups in total. The van der Waals surface area contributed by atoms with Crippen LogP contribution in [-0.2, 0) is 4.79 Å². The minimum atomic E-state index is -0.131. The Morgan fingerprint density at radius 1 is 1.00 bits per heavy atom. The monoisotopic (exact) mass is 342 g/mol. The largest absolute Gasteiger partial charge is 0.490 e. The Balaban J connectivity index is 1.66. The Morgan fingerprint density at radius 3 is 2.32 bits per heavy atom. The van der Waals surface area contributed by atoms with Crippen LogP contribution in [0.1, 0.15) is 13.3 Å². The third kappa shape index (κ3) is 6.37. The zero-order chi connectivity index (χ0) is 17.9. The number of anilines is 1. The van der Waals surface area contributed by atoms with E-state index in [2.05, 4.69) is 22.3 Å². The quantitative estimate of drug-likeness (QED) is 0.674. The molecule has 0 aromatic heterocycles. The molecule has 0 aliphatic carbocycles. The lowest BCUT2D eigenvalue weighted by molar-refractivity contribution is -0.123. The number of hydrogen-bond acceptors (Lipinski definition) is 4. The summed E-state index contributed by atoms with van der Waals surface area (Å²) < 4.78 is 11.0. The molecule has 1 amide bonds. The average Bonchev–Trinajstić information content (AvgIpc) is 2.65. The van der Waals surface area contributed by atoms with Gasteiger partial charge in [0.05, 0.1) is 6.61 Å². The van der Waals surface area contributed by atoms with Crippen molar-refractivity contribution in [3.63, 3.8) is 0 Å². The molecular weight excluding hydrogens is 316 g/mol. The molecule has 0 radical (unpaired) electrons. The van der Waals surface area contributed by atoms with Crippen LogP contribution >= 0.6 is 0 Å². The van der Waals surface area contributed by atoms with Gasteiger partial charge < -0.3 is 19.7 Å². The van der Waals surface area contributed by atoms with E-state index in [1.54, 1.807) is 6.07 Å². The predicted molar refractivity (Wildman–Crippen MR) is 100 cm³/mol. The molecule has 0 aliphatic rings. The molecule has 25 heavy (non-hydrogen) atoms. The summed E-state index contributed by atoms with van der Waals surface area (Å²) in [5, 5.41) is 2.88. The van der Waals surface area contributed by atoms with Crippen molar-refractivity contribution in [2.75, 3.05) is 38.3 Å². The molecule has 5 heteroatoms. The maximum absolute atomic E-state index is 11.9. The van der Waals surface area contributed by atoms with Gasteiger partial charge in [0.1, 0.15) is 0 Å². The van der Waals surface area contributed by atoms with Crippen molar-refractivity contribution < 1.29 is 14.3 Å². The Labute approximate surface area is 149 Å². The highest BCUT2D eigenvalue weighted by molar-refractivity contribution is 5.77. The van der Waals surface area contributed by atoms with Crippen molar-refractivity contribution in [2.45, 2.75) is 13.3 Å². The van der Waals surface area contributed by atoms with Crippen molar-refractivity contribution >= 4 is 11.6 Å². The van der Waals surface area contributed by atoms with Gasteiger partial charge in [0.25, 0.3) is 5.91 Å². The van der Waals surface area contributed by atoms with Crippen LogP contribution in [0.15, 0.2) is 54.6 Å². The third-order valence-electron chi connectivity index (χ3n) is 3.70. The van der Waals surface area contributed by atoms with Gasteiger partial charge in [-0.25, -0.2) is 0 Å². The van der Waals surface area contributed by atoms with Crippen LogP contribution in [0.3, 0.4) is 0 Å². The first-order valence-corrected chi connectivity index (χ1v) is 8.58. The molecule has 2 aromatic carbocycles. The molecule has 0 atom stereocenters. The molecule has 2 rings (SSSR count). The highest BCUT2D eigenvalue weighted by Crippen LogP contribution is 2.26. The molecule has 0 saturated carbocycles. The number of rotatable bonds is 10. The van der Waals surface area contributed by atoms with Crippen molar-refractivity contribution in [1.29, 1.82) is 0 Å². The second-order valence-corrected chi connectivity index (χ2v) is 5.63. The van der Waals surface area contributed by atoms with Crippen molar-refractivity contribution in [1.82, 2.24) is 5.32 Å². The van der Waals surface area contributed by atoms with Gasteiger partial charge in [-0.2, -0.15) is 0 Å². The molecule has 0 heterocycles. The highest BCUT2D eigenvalue weighted by atomic mass is 16.5. The summed E-state index contributed by atoms with van der Waals surface area (Å²) in [7, 11) is 2.05. The summed E-state index contributed by atoms with van der Waals surface area (Å²) in [4.78, 5) is 14.1. The van der Waals surface area contributed by atoms with Gasteiger partial charge in [-0.15, -0.1) is 0 Å². The van der Waals surface area contributed by atoms with Gasteiger partial charge in [-0.05, 0) is 37.6 Å². The van der Waals surface area contributed by atoms with Gasteiger partial charge in [0.2, 0.25) is 0 Å². The minimum absolute atomic E-state index is 0.0153. The normalized spacial score (nSPS) is 10.2. The van der Waals surface area contributed by atoms with E-state index in [4.69, 9.17) is 9.47 Å². The van der Waals surface area contributed by atoms with Crippen molar-refractivity contribution in [3.05, 3.63) is 54.6 Å². The molecule has 0 bridgehead atoms. The number of benzene rings is 2. The van der Waals surface area contributed by atoms with Crippen molar-refractivity contribution in [2.24, 2.45) is 0 Å². The van der Waals surface area contributed by atoms with E-state index in [9.17, 15) is 4.79 Å². The zero-order valence-electron chi connectivity index (χ0n) is 14.9. The average molecular weight is 342 g/mol. The van der Waals surface area contributed by atoms with E-state index in [0.29, 0.717) is 24.7 Å². The first-order valence-electron chi connectivity index (χ1n) is 8.58. The van der Waals surface area contributed by atoms with Gasteiger partial charge in [-0.1, -0.05) is 30.3 Å². The Morgan fingerprint density at radius 2 is 1.64 bits per heavy atom. The van der Waals surface area contributed by atoms with Crippen LogP contribution in [0.25, 0.3) is 0 Å². The van der Waals surface area contributed by atoms with Crippen LogP contribution in [0, 0.1) is 0 Å². The summed E-state index contributed by atoms with van der Waals surface area (Å²) >= 11 is 0.